The van der Waals surface area contributed by atoms with Gasteiger partial charge in [-0.05, 0) is 12.8 Å². The third-order valence-electron chi connectivity index (χ3n) is 3.66. The van der Waals surface area contributed by atoms with Crippen LogP contribution in [0.25, 0.3) is 0 Å². The van der Waals surface area contributed by atoms with Gasteiger partial charge < -0.3 is 10.4 Å². The van der Waals surface area contributed by atoms with E-state index >= 15 is 0 Å². The van der Waals surface area contributed by atoms with E-state index < -0.39 is 10.0 Å². The molecular weight excluding hydrogens is 252 g/mol. The monoisotopic (exact) mass is 278 g/mol. The van der Waals surface area contributed by atoms with Crippen molar-refractivity contribution in [3.05, 3.63) is 0 Å². The van der Waals surface area contributed by atoms with Gasteiger partial charge in [0.05, 0.1) is 5.75 Å². The van der Waals surface area contributed by atoms with Crippen molar-refractivity contribution >= 4 is 10.0 Å². The van der Waals surface area contributed by atoms with E-state index in [4.69, 9.17) is 0 Å². The lowest BCUT2D eigenvalue weighted by molar-refractivity contribution is 0.0820. The summed E-state index contributed by atoms with van der Waals surface area (Å²) < 4.78 is 25.3. The van der Waals surface area contributed by atoms with Crippen LogP contribution >= 0.6 is 0 Å². The number of sulfonamides is 1. The Kier molecular flexibility index (Phi) is 6.55. The van der Waals surface area contributed by atoms with Crippen LogP contribution in [0.4, 0.5) is 0 Å². The maximum Gasteiger partial charge on any atom is 0.212 e. The van der Waals surface area contributed by atoms with Gasteiger partial charge in [-0.1, -0.05) is 26.2 Å². The van der Waals surface area contributed by atoms with Gasteiger partial charge in [-0.25, -0.2) is 13.1 Å². The number of aliphatic hydroxyl groups excluding tert-OH is 1. The summed E-state index contributed by atoms with van der Waals surface area (Å²) in [6, 6.07) is 0. The molecule has 0 aliphatic heterocycles. The first-order valence-corrected chi connectivity index (χ1v) is 8.48. The fourth-order valence-corrected chi connectivity index (χ4v) is 3.54. The van der Waals surface area contributed by atoms with Crippen LogP contribution in [-0.2, 0) is 10.0 Å². The topological polar surface area (TPSA) is 78.4 Å². The van der Waals surface area contributed by atoms with Gasteiger partial charge in [0.25, 0.3) is 0 Å². The molecule has 0 radical (unpaired) electrons. The number of hydrogen-bond acceptors (Lipinski definition) is 4. The van der Waals surface area contributed by atoms with E-state index in [1.807, 2.05) is 0 Å². The van der Waals surface area contributed by atoms with Gasteiger partial charge in [0.2, 0.25) is 10.0 Å². The van der Waals surface area contributed by atoms with Gasteiger partial charge in [-0.15, -0.1) is 0 Å². The van der Waals surface area contributed by atoms with E-state index in [-0.39, 0.29) is 17.8 Å². The molecule has 108 valence electrons. The molecule has 1 rings (SSSR count). The molecule has 0 aromatic rings. The minimum atomic E-state index is -3.14. The summed E-state index contributed by atoms with van der Waals surface area (Å²) in [7, 11) is -3.14. The third-order valence-corrected chi connectivity index (χ3v) is 5.13. The predicted molar refractivity (Wildman–Crippen MR) is 72.9 cm³/mol. The average Bonchev–Trinajstić information content (AvgIpc) is 2.36. The Bertz CT molecular complexity index is 324. The highest BCUT2D eigenvalue weighted by atomic mass is 32.2. The molecule has 0 spiro atoms. The molecule has 6 heteroatoms. The Morgan fingerprint density at radius 2 is 1.89 bits per heavy atom. The Labute approximate surface area is 110 Å². The summed E-state index contributed by atoms with van der Waals surface area (Å²) in [4.78, 5) is 0. The van der Waals surface area contributed by atoms with Crippen LogP contribution in [0.5, 0.6) is 0 Å². The van der Waals surface area contributed by atoms with E-state index in [9.17, 15) is 13.5 Å². The van der Waals surface area contributed by atoms with Gasteiger partial charge in [-0.3, -0.25) is 0 Å². The molecule has 1 aliphatic rings. The SMILES string of the molecule is CCNS(=O)(=O)CCNCC1(CO)CCCCC1. The zero-order chi connectivity index (χ0) is 13.5. The molecule has 0 unspecified atom stereocenters. The molecule has 0 heterocycles. The average molecular weight is 278 g/mol. The summed E-state index contributed by atoms with van der Waals surface area (Å²) in [5, 5.41) is 12.7. The lowest BCUT2D eigenvalue weighted by atomic mass is 9.74. The van der Waals surface area contributed by atoms with Crippen LogP contribution in [0, 0.1) is 5.41 Å². The molecule has 1 fully saturated rings. The fraction of sp³-hybridized carbons (Fsp3) is 1.00. The number of nitrogens with one attached hydrogen (secondary N) is 2. The first-order valence-electron chi connectivity index (χ1n) is 6.82. The van der Waals surface area contributed by atoms with Crippen molar-refractivity contribution in [1.82, 2.24) is 10.0 Å². The molecule has 0 aromatic carbocycles. The second kappa shape index (κ2) is 7.43. The molecule has 18 heavy (non-hydrogen) atoms. The van der Waals surface area contributed by atoms with Crippen molar-refractivity contribution in [2.24, 2.45) is 5.41 Å². The molecule has 0 aromatic heterocycles. The second-order valence-electron chi connectivity index (χ2n) is 5.21. The highest BCUT2D eigenvalue weighted by Crippen LogP contribution is 2.35. The van der Waals surface area contributed by atoms with Crippen molar-refractivity contribution in [2.45, 2.75) is 39.0 Å². The highest BCUT2D eigenvalue weighted by molar-refractivity contribution is 7.89. The van der Waals surface area contributed by atoms with Crippen LogP contribution in [0.15, 0.2) is 0 Å². The van der Waals surface area contributed by atoms with E-state index in [0.29, 0.717) is 19.6 Å². The molecule has 3 N–H and O–H groups in total. The number of aliphatic hydroxyl groups is 1. The lowest BCUT2D eigenvalue weighted by Gasteiger charge is -2.35. The molecule has 0 bridgehead atoms. The standard InChI is InChI=1S/C12H26N2O3S/c1-2-14-18(16,17)9-8-13-10-12(11-15)6-4-3-5-7-12/h13-15H,2-11H2,1H3. The Morgan fingerprint density at radius 1 is 1.22 bits per heavy atom. The Hall–Kier alpha value is -0.170. The number of hydrogen-bond donors (Lipinski definition) is 3. The van der Waals surface area contributed by atoms with Crippen molar-refractivity contribution in [3.63, 3.8) is 0 Å². The zero-order valence-corrected chi connectivity index (χ0v) is 12.1. The maximum absolute atomic E-state index is 11.4. The second-order valence-corrected chi connectivity index (χ2v) is 7.14. The Balaban J connectivity index is 2.27. The molecule has 5 nitrogen and oxygen atoms in total. The summed E-state index contributed by atoms with van der Waals surface area (Å²) in [6.07, 6.45) is 5.65. The van der Waals surface area contributed by atoms with E-state index in [1.165, 1.54) is 6.42 Å². The molecule has 1 saturated carbocycles. The van der Waals surface area contributed by atoms with Gasteiger partial charge in [0.15, 0.2) is 0 Å². The van der Waals surface area contributed by atoms with E-state index in [2.05, 4.69) is 10.0 Å². The summed E-state index contributed by atoms with van der Waals surface area (Å²) in [6.45, 7) is 3.55. The molecule has 0 atom stereocenters. The zero-order valence-electron chi connectivity index (χ0n) is 11.2. The molecule has 0 amide bonds. The summed E-state index contributed by atoms with van der Waals surface area (Å²) >= 11 is 0. The maximum atomic E-state index is 11.4. The smallest absolute Gasteiger partial charge is 0.212 e. The molecule has 0 saturated heterocycles. The van der Waals surface area contributed by atoms with Crippen LogP contribution < -0.4 is 10.0 Å². The van der Waals surface area contributed by atoms with Crippen LogP contribution in [-0.4, -0.2) is 45.5 Å². The minimum Gasteiger partial charge on any atom is -0.396 e. The predicted octanol–water partition coefficient (Wildman–Crippen LogP) is 0.458. The highest BCUT2D eigenvalue weighted by Gasteiger charge is 2.30. The summed E-state index contributed by atoms with van der Waals surface area (Å²) in [5.41, 5.74) is -0.0276. The van der Waals surface area contributed by atoms with Gasteiger partial charge in [0, 0.05) is 31.7 Å². The largest absolute Gasteiger partial charge is 0.396 e. The van der Waals surface area contributed by atoms with Crippen molar-refractivity contribution in [1.29, 1.82) is 0 Å². The van der Waals surface area contributed by atoms with Crippen LogP contribution in [0.1, 0.15) is 39.0 Å². The summed E-state index contributed by atoms with van der Waals surface area (Å²) in [5.74, 6) is 0.0996. The van der Waals surface area contributed by atoms with E-state index in [1.54, 1.807) is 6.92 Å². The number of rotatable bonds is 8. The van der Waals surface area contributed by atoms with Gasteiger partial charge in [-0.2, -0.15) is 0 Å². The lowest BCUT2D eigenvalue weighted by Crippen LogP contribution is -2.41. The van der Waals surface area contributed by atoms with Gasteiger partial charge >= 0.3 is 0 Å². The van der Waals surface area contributed by atoms with Crippen LogP contribution in [0.2, 0.25) is 0 Å². The molecular formula is C12H26N2O3S. The van der Waals surface area contributed by atoms with Crippen molar-refractivity contribution < 1.29 is 13.5 Å². The van der Waals surface area contributed by atoms with E-state index in [0.717, 1.165) is 25.7 Å². The Morgan fingerprint density at radius 3 is 2.44 bits per heavy atom. The quantitative estimate of drug-likeness (QED) is 0.564. The third kappa shape index (κ3) is 5.22. The fourth-order valence-electron chi connectivity index (χ4n) is 2.54. The normalized spacial score (nSPS) is 19.9. The van der Waals surface area contributed by atoms with Crippen LogP contribution in [0.3, 0.4) is 0 Å². The molecule has 1 aliphatic carbocycles. The first-order chi connectivity index (χ1) is 8.54. The first kappa shape index (κ1) is 15.9. The van der Waals surface area contributed by atoms with Crippen molar-refractivity contribution in [2.75, 3.05) is 32.0 Å². The van der Waals surface area contributed by atoms with Crippen molar-refractivity contribution in [3.8, 4) is 0 Å². The minimum absolute atomic E-state index is 0.0276. The van der Waals surface area contributed by atoms with Gasteiger partial charge in [0.1, 0.15) is 0 Å².